The van der Waals surface area contributed by atoms with Gasteiger partial charge in [0.2, 0.25) is 0 Å². The van der Waals surface area contributed by atoms with Crippen LogP contribution in [0.2, 0.25) is 0 Å². The summed E-state index contributed by atoms with van der Waals surface area (Å²) in [7, 11) is 0. The molecule has 6 heteroatoms. The van der Waals surface area contributed by atoms with E-state index in [9.17, 15) is 8.78 Å². The fourth-order valence-electron chi connectivity index (χ4n) is 1.91. The largest absolute Gasteiger partial charge is 0.367 e. The van der Waals surface area contributed by atoms with Gasteiger partial charge in [-0.25, -0.2) is 8.78 Å². The van der Waals surface area contributed by atoms with Gasteiger partial charge in [-0.15, -0.1) is 5.10 Å². The summed E-state index contributed by atoms with van der Waals surface area (Å²) in [5.41, 5.74) is 2.30. The number of nitrogens with one attached hydrogen (secondary N) is 1. The van der Waals surface area contributed by atoms with E-state index in [1.165, 1.54) is 12.1 Å². The Morgan fingerprint density at radius 3 is 2.67 bits per heavy atom. The fourth-order valence-corrected chi connectivity index (χ4v) is 1.91. The highest BCUT2D eigenvalue weighted by Crippen LogP contribution is 2.17. The summed E-state index contributed by atoms with van der Waals surface area (Å²) in [4.78, 5) is 0. The third kappa shape index (κ3) is 3.31. The van der Waals surface area contributed by atoms with Crippen LogP contribution >= 0.6 is 0 Å². The molecule has 0 aliphatic rings. The van der Waals surface area contributed by atoms with Crippen molar-refractivity contribution in [3.8, 4) is 6.07 Å². The van der Waals surface area contributed by atoms with Gasteiger partial charge >= 0.3 is 0 Å². The molecule has 1 aromatic heterocycles. The summed E-state index contributed by atoms with van der Waals surface area (Å²) < 4.78 is 26.3. The third-order valence-corrected chi connectivity index (χ3v) is 3.27. The highest BCUT2D eigenvalue weighted by molar-refractivity contribution is 5.55. The first-order valence-corrected chi connectivity index (χ1v) is 6.44. The lowest BCUT2D eigenvalue weighted by Crippen LogP contribution is -2.11. The normalized spacial score (nSPS) is 10.2. The van der Waals surface area contributed by atoms with Gasteiger partial charge in [-0.1, -0.05) is 6.07 Å². The van der Waals surface area contributed by atoms with Gasteiger partial charge < -0.3 is 5.32 Å². The summed E-state index contributed by atoms with van der Waals surface area (Å²) in [6.45, 7) is 3.95. The van der Waals surface area contributed by atoms with Crippen LogP contribution in [0.1, 0.15) is 22.4 Å². The monoisotopic (exact) mass is 288 g/mol. The minimum absolute atomic E-state index is 0.353. The van der Waals surface area contributed by atoms with E-state index >= 15 is 0 Å². The molecule has 0 fully saturated rings. The molecular formula is C15H14F2N4. The summed E-state index contributed by atoms with van der Waals surface area (Å²) in [5.74, 6) is -0.803. The van der Waals surface area contributed by atoms with Crippen LogP contribution in [0.5, 0.6) is 0 Å². The first-order chi connectivity index (χ1) is 10.0. The Labute approximate surface area is 121 Å². The molecule has 0 atom stereocenters. The zero-order chi connectivity index (χ0) is 15.4. The molecule has 0 bridgehead atoms. The number of nitrogens with zero attached hydrogens (tertiary/aromatic N) is 3. The van der Waals surface area contributed by atoms with Crippen LogP contribution in [0, 0.1) is 36.8 Å². The molecule has 0 aliphatic carbocycles. The van der Waals surface area contributed by atoms with E-state index in [1.54, 1.807) is 13.8 Å². The number of benzene rings is 1. The number of aryl methyl sites for hydroxylation is 1. The molecule has 0 saturated heterocycles. The Morgan fingerprint density at radius 1 is 1.24 bits per heavy atom. The highest BCUT2D eigenvalue weighted by Gasteiger charge is 2.10. The van der Waals surface area contributed by atoms with Crippen molar-refractivity contribution in [2.24, 2.45) is 0 Å². The van der Waals surface area contributed by atoms with Gasteiger partial charge in [0.1, 0.15) is 23.3 Å². The maximum Gasteiger partial charge on any atom is 0.166 e. The Morgan fingerprint density at radius 2 is 2.00 bits per heavy atom. The lowest BCUT2D eigenvalue weighted by atomic mass is 10.1. The number of aromatic nitrogens is 2. The third-order valence-electron chi connectivity index (χ3n) is 3.27. The number of hydrogen-bond acceptors (Lipinski definition) is 4. The Kier molecular flexibility index (Phi) is 4.43. The minimum atomic E-state index is -0.601. The second-order valence-corrected chi connectivity index (χ2v) is 4.66. The SMILES string of the molecule is Cc1nnc(NCCc2ccc(F)cc2F)c(C#N)c1C. The number of anilines is 1. The average molecular weight is 288 g/mol. The highest BCUT2D eigenvalue weighted by atomic mass is 19.1. The molecule has 1 N–H and O–H groups in total. The molecule has 21 heavy (non-hydrogen) atoms. The molecule has 0 amide bonds. The predicted molar refractivity (Wildman–Crippen MR) is 74.8 cm³/mol. The summed E-state index contributed by atoms with van der Waals surface area (Å²) in [5, 5.41) is 20.0. The maximum absolute atomic E-state index is 13.5. The molecule has 0 aliphatic heterocycles. The van der Waals surface area contributed by atoms with E-state index in [-0.39, 0.29) is 0 Å². The molecule has 1 heterocycles. The van der Waals surface area contributed by atoms with Gasteiger partial charge in [-0.05, 0) is 37.5 Å². The lowest BCUT2D eigenvalue weighted by Gasteiger charge is -2.09. The van der Waals surface area contributed by atoms with Crippen LogP contribution < -0.4 is 5.32 Å². The van der Waals surface area contributed by atoms with E-state index in [1.807, 2.05) is 0 Å². The molecule has 108 valence electrons. The van der Waals surface area contributed by atoms with Gasteiger partial charge in [-0.2, -0.15) is 10.4 Å². The molecule has 0 spiro atoms. The second kappa shape index (κ2) is 6.27. The van der Waals surface area contributed by atoms with Crippen LogP contribution in [0.15, 0.2) is 18.2 Å². The Balaban J connectivity index is 2.07. The molecule has 0 radical (unpaired) electrons. The molecule has 1 aromatic carbocycles. The molecule has 2 rings (SSSR count). The van der Waals surface area contributed by atoms with E-state index < -0.39 is 11.6 Å². The standard InChI is InChI=1S/C15H14F2N4/c1-9-10(2)20-21-15(13(9)8-18)19-6-5-11-3-4-12(16)7-14(11)17/h3-4,7H,5-6H2,1-2H3,(H,19,21). The maximum atomic E-state index is 13.5. The van der Waals surface area contributed by atoms with Crippen molar-refractivity contribution in [2.45, 2.75) is 20.3 Å². The van der Waals surface area contributed by atoms with Gasteiger partial charge in [-0.3, -0.25) is 0 Å². The van der Waals surface area contributed by atoms with Crippen LogP contribution in [-0.4, -0.2) is 16.7 Å². The van der Waals surface area contributed by atoms with Gasteiger partial charge in [0.25, 0.3) is 0 Å². The summed E-state index contributed by atoms with van der Waals surface area (Å²) in [6.07, 6.45) is 0.353. The number of nitriles is 1. The first-order valence-electron chi connectivity index (χ1n) is 6.44. The van der Waals surface area contributed by atoms with Gasteiger partial charge in [0, 0.05) is 12.6 Å². The molecule has 4 nitrogen and oxygen atoms in total. The van der Waals surface area contributed by atoms with Crippen LogP contribution in [0.3, 0.4) is 0 Å². The summed E-state index contributed by atoms with van der Waals surface area (Å²) >= 11 is 0. The summed E-state index contributed by atoms with van der Waals surface area (Å²) in [6, 6.07) is 5.56. The average Bonchev–Trinajstić information content (AvgIpc) is 2.45. The first kappa shape index (κ1) is 14.9. The smallest absolute Gasteiger partial charge is 0.166 e. The lowest BCUT2D eigenvalue weighted by molar-refractivity contribution is 0.572. The zero-order valence-electron chi connectivity index (χ0n) is 11.7. The second-order valence-electron chi connectivity index (χ2n) is 4.66. The van der Waals surface area contributed by atoms with E-state index in [4.69, 9.17) is 5.26 Å². The van der Waals surface area contributed by atoms with Crippen molar-refractivity contribution in [3.63, 3.8) is 0 Å². The predicted octanol–water partition coefficient (Wildman–Crippen LogP) is 2.90. The van der Waals surface area contributed by atoms with Crippen LogP contribution in [-0.2, 0) is 6.42 Å². The molecule has 0 unspecified atom stereocenters. The number of hydrogen-bond donors (Lipinski definition) is 1. The van der Waals surface area contributed by atoms with Crippen molar-refractivity contribution in [2.75, 3.05) is 11.9 Å². The zero-order valence-corrected chi connectivity index (χ0v) is 11.7. The van der Waals surface area contributed by atoms with Crippen molar-refractivity contribution < 1.29 is 8.78 Å². The van der Waals surface area contributed by atoms with Crippen molar-refractivity contribution >= 4 is 5.82 Å². The molecular weight excluding hydrogens is 274 g/mol. The fraction of sp³-hybridized carbons (Fsp3) is 0.267. The van der Waals surface area contributed by atoms with Crippen molar-refractivity contribution in [3.05, 3.63) is 52.2 Å². The van der Waals surface area contributed by atoms with Crippen LogP contribution in [0.4, 0.5) is 14.6 Å². The Bertz CT molecular complexity index is 708. The van der Waals surface area contributed by atoms with Crippen LogP contribution in [0.25, 0.3) is 0 Å². The number of halogens is 2. The molecule has 0 saturated carbocycles. The van der Waals surface area contributed by atoms with Crippen molar-refractivity contribution in [1.29, 1.82) is 5.26 Å². The van der Waals surface area contributed by atoms with E-state index in [0.29, 0.717) is 35.6 Å². The quantitative estimate of drug-likeness (QED) is 0.939. The van der Waals surface area contributed by atoms with Gasteiger partial charge in [0.05, 0.1) is 5.69 Å². The topological polar surface area (TPSA) is 61.6 Å². The van der Waals surface area contributed by atoms with E-state index in [0.717, 1.165) is 11.6 Å². The Hall–Kier alpha value is -2.55. The number of rotatable bonds is 4. The van der Waals surface area contributed by atoms with Gasteiger partial charge in [0.15, 0.2) is 5.82 Å². The van der Waals surface area contributed by atoms with Crippen molar-refractivity contribution in [1.82, 2.24) is 10.2 Å². The molecule has 2 aromatic rings. The minimum Gasteiger partial charge on any atom is -0.367 e. The van der Waals surface area contributed by atoms with E-state index in [2.05, 4.69) is 21.6 Å².